The molecule has 0 aromatic carbocycles. The number of hydrogen-bond donors (Lipinski definition) is 3. The van der Waals surface area contributed by atoms with Gasteiger partial charge in [0.1, 0.15) is 0 Å². The molecule has 1 amide bonds. The third-order valence-electron chi connectivity index (χ3n) is 4.07. The van der Waals surface area contributed by atoms with E-state index >= 15 is 0 Å². The van der Waals surface area contributed by atoms with Crippen molar-refractivity contribution in [2.75, 3.05) is 13.6 Å². The lowest BCUT2D eigenvalue weighted by atomic mass is 9.68. The highest BCUT2D eigenvalue weighted by molar-refractivity contribution is 5.65. The van der Waals surface area contributed by atoms with Gasteiger partial charge in [0.25, 0.3) is 0 Å². The van der Waals surface area contributed by atoms with Gasteiger partial charge in [0.15, 0.2) is 0 Å². The fourth-order valence-electron chi connectivity index (χ4n) is 3.60. The van der Waals surface area contributed by atoms with Gasteiger partial charge in [-0.1, -0.05) is 46.5 Å². The summed E-state index contributed by atoms with van der Waals surface area (Å²) in [6.45, 7) is 7.37. The van der Waals surface area contributed by atoms with E-state index in [0.29, 0.717) is 18.4 Å². The van der Waals surface area contributed by atoms with E-state index in [2.05, 4.69) is 31.4 Å². The van der Waals surface area contributed by atoms with Crippen molar-refractivity contribution in [1.29, 1.82) is 0 Å². The summed E-state index contributed by atoms with van der Waals surface area (Å²) >= 11 is 0. The van der Waals surface area contributed by atoms with E-state index in [1.165, 1.54) is 25.7 Å². The van der Waals surface area contributed by atoms with Crippen LogP contribution in [0.3, 0.4) is 0 Å². The van der Waals surface area contributed by atoms with Crippen molar-refractivity contribution in [2.24, 2.45) is 17.3 Å². The van der Waals surface area contributed by atoms with Crippen LogP contribution in [0.1, 0.15) is 46.5 Å². The molecule has 1 unspecified atom stereocenters. The normalized spacial score (nSPS) is 20.7. The largest absolute Gasteiger partial charge is 0.465 e. The second kappa shape index (κ2) is 6.41. The van der Waals surface area contributed by atoms with Crippen molar-refractivity contribution in [3.63, 3.8) is 0 Å². The van der Waals surface area contributed by atoms with Crippen molar-refractivity contribution >= 4 is 6.09 Å². The van der Waals surface area contributed by atoms with Crippen molar-refractivity contribution < 1.29 is 9.90 Å². The molecule has 0 heterocycles. The van der Waals surface area contributed by atoms with Crippen molar-refractivity contribution in [3.8, 4) is 0 Å². The van der Waals surface area contributed by atoms with Crippen LogP contribution < -0.4 is 10.6 Å². The Morgan fingerprint density at radius 3 is 2.28 bits per heavy atom. The van der Waals surface area contributed by atoms with Crippen LogP contribution in [0.4, 0.5) is 4.79 Å². The van der Waals surface area contributed by atoms with Gasteiger partial charge in [-0.05, 0) is 24.3 Å². The summed E-state index contributed by atoms with van der Waals surface area (Å²) in [5, 5.41) is 14.9. The summed E-state index contributed by atoms with van der Waals surface area (Å²) in [5.74, 6) is 1.04. The Morgan fingerprint density at radius 2 is 1.89 bits per heavy atom. The molecule has 1 fully saturated rings. The molecule has 18 heavy (non-hydrogen) atoms. The zero-order valence-corrected chi connectivity index (χ0v) is 12.1. The number of carboxylic acid groups (broad SMARTS) is 1. The number of nitrogens with one attached hydrogen (secondary N) is 2. The van der Waals surface area contributed by atoms with Crippen molar-refractivity contribution in [2.45, 2.75) is 52.5 Å². The van der Waals surface area contributed by atoms with E-state index < -0.39 is 6.09 Å². The molecule has 2 atom stereocenters. The summed E-state index contributed by atoms with van der Waals surface area (Å²) < 4.78 is 0. The highest BCUT2D eigenvalue weighted by Gasteiger charge is 2.39. The number of hydrogen-bond acceptors (Lipinski definition) is 2. The Bertz CT molecular complexity index is 267. The van der Waals surface area contributed by atoms with Crippen LogP contribution in [0.25, 0.3) is 0 Å². The predicted octanol–water partition coefficient (Wildman–Crippen LogP) is 2.69. The Labute approximate surface area is 111 Å². The average Bonchev–Trinajstić information content (AvgIpc) is 2.68. The maximum absolute atomic E-state index is 11.0. The SMILES string of the molecule is CNCC(NC(=O)O)[C@@H](C1CCCC1)C(C)(C)C. The first-order chi connectivity index (χ1) is 8.36. The van der Waals surface area contributed by atoms with Gasteiger partial charge in [-0.3, -0.25) is 0 Å². The van der Waals surface area contributed by atoms with E-state index in [1.54, 1.807) is 0 Å². The van der Waals surface area contributed by atoms with Crippen LogP contribution in [0.2, 0.25) is 0 Å². The van der Waals surface area contributed by atoms with Crippen LogP contribution in [-0.2, 0) is 0 Å². The molecule has 0 spiro atoms. The first-order valence-electron chi connectivity index (χ1n) is 7.00. The van der Waals surface area contributed by atoms with Crippen LogP contribution in [0.15, 0.2) is 0 Å². The average molecular weight is 256 g/mol. The minimum Gasteiger partial charge on any atom is -0.465 e. The van der Waals surface area contributed by atoms with E-state index in [-0.39, 0.29) is 11.5 Å². The molecule has 1 aliphatic carbocycles. The molecule has 106 valence electrons. The van der Waals surface area contributed by atoms with Gasteiger partial charge >= 0.3 is 6.09 Å². The molecular formula is C14H28N2O2. The first-order valence-corrected chi connectivity index (χ1v) is 7.00. The standard InChI is InChI=1S/C14H28N2O2/c1-14(2,3)12(10-7-5-6-8-10)11(9-15-4)16-13(17)18/h10-12,15-16H,5-9H2,1-4H3,(H,17,18)/t11?,12-/m1/s1. The molecule has 1 rings (SSSR count). The van der Waals surface area contributed by atoms with E-state index in [0.717, 1.165) is 0 Å². The molecule has 1 aliphatic rings. The Morgan fingerprint density at radius 1 is 1.33 bits per heavy atom. The van der Waals surface area contributed by atoms with Crippen LogP contribution in [0, 0.1) is 17.3 Å². The summed E-state index contributed by atoms with van der Waals surface area (Å²) in [7, 11) is 1.88. The molecule has 0 bridgehead atoms. The second-order valence-electron chi connectivity index (χ2n) is 6.55. The minimum absolute atomic E-state index is 0.00407. The third kappa shape index (κ3) is 4.16. The van der Waals surface area contributed by atoms with Gasteiger partial charge in [-0.2, -0.15) is 0 Å². The molecule has 0 aromatic heterocycles. The molecule has 4 heteroatoms. The van der Waals surface area contributed by atoms with Crippen molar-refractivity contribution in [1.82, 2.24) is 10.6 Å². The van der Waals surface area contributed by atoms with E-state index in [9.17, 15) is 4.79 Å². The maximum Gasteiger partial charge on any atom is 0.404 e. The lowest BCUT2D eigenvalue weighted by molar-refractivity contribution is 0.105. The number of likely N-dealkylation sites (N-methyl/N-ethyl adjacent to an activating group) is 1. The summed E-state index contributed by atoms with van der Waals surface area (Å²) in [6, 6.07) is -0.00407. The molecule has 0 saturated heterocycles. The zero-order valence-electron chi connectivity index (χ0n) is 12.1. The molecule has 3 N–H and O–H groups in total. The summed E-state index contributed by atoms with van der Waals surface area (Å²) in [6.07, 6.45) is 4.14. The van der Waals surface area contributed by atoms with Gasteiger partial charge in [0.05, 0.1) is 0 Å². The highest BCUT2D eigenvalue weighted by Crippen LogP contribution is 2.42. The summed E-state index contributed by atoms with van der Waals surface area (Å²) in [4.78, 5) is 11.0. The number of amides is 1. The molecule has 1 saturated carbocycles. The molecular weight excluding hydrogens is 228 g/mol. The molecule has 0 aliphatic heterocycles. The first kappa shape index (κ1) is 15.3. The minimum atomic E-state index is -0.914. The Hall–Kier alpha value is -0.770. The highest BCUT2D eigenvalue weighted by atomic mass is 16.4. The van der Waals surface area contributed by atoms with E-state index in [1.807, 2.05) is 7.05 Å². The molecule has 0 aromatic rings. The third-order valence-corrected chi connectivity index (χ3v) is 4.07. The smallest absolute Gasteiger partial charge is 0.404 e. The quantitative estimate of drug-likeness (QED) is 0.708. The zero-order chi connectivity index (χ0) is 13.8. The van der Waals surface area contributed by atoms with Gasteiger partial charge in [-0.15, -0.1) is 0 Å². The monoisotopic (exact) mass is 256 g/mol. The van der Waals surface area contributed by atoms with Gasteiger partial charge in [0, 0.05) is 12.6 Å². The van der Waals surface area contributed by atoms with Gasteiger partial charge in [-0.25, -0.2) is 4.79 Å². The topological polar surface area (TPSA) is 61.4 Å². The maximum atomic E-state index is 11.0. The fourth-order valence-corrected chi connectivity index (χ4v) is 3.60. The number of carbonyl (C=O) groups is 1. The van der Waals surface area contributed by atoms with Gasteiger partial charge < -0.3 is 15.7 Å². The van der Waals surface area contributed by atoms with Crippen LogP contribution in [0.5, 0.6) is 0 Å². The lowest BCUT2D eigenvalue weighted by Gasteiger charge is -2.41. The second-order valence-corrected chi connectivity index (χ2v) is 6.55. The van der Waals surface area contributed by atoms with Crippen molar-refractivity contribution in [3.05, 3.63) is 0 Å². The molecule has 0 radical (unpaired) electrons. The fraction of sp³-hybridized carbons (Fsp3) is 0.929. The Balaban J connectivity index is 2.86. The lowest BCUT2D eigenvalue weighted by Crippen LogP contribution is -2.51. The Kier molecular flexibility index (Phi) is 5.45. The van der Waals surface area contributed by atoms with Crippen LogP contribution >= 0.6 is 0 Å². The molecule has 4 nitrogen and oxygen atoms in total. The van der Waals surface area contributed by atoms with Crippen LogP contribution in [-0.4, -0.2) is 30.8 Å². The number of rotatable bonds is 5. The summed E-state index contributed by atoms with van der Waals surface area (Å²) in [5.41, 5.74) is 0.124. The predicted molar refractivity (Wildman–Crippen MR) is 73.8 cm³/mol. The van der Waals surface area contributed by atoms with E-state index in [4.69, 9.17) is 5.11 Å². The van der Waals surface area contributed by atoms with Gasteiger partial charge in [0.2, 0.25) is 0 Å².